The summed E-state index contributed by atoms with van der Waals surface area (Å²) < 4.78 is 10.3. The standard InChI is InChI=1S/C25H27N3O4/c1-28(16-18-5-4-6-23(15-18)32-3)17-24(29)26-20-9-7-19(8-10-20)25(30)27-21-11-13-22(31-2)14-12-21/h4-15H,16-17H2,1-3H3,(H,26,29)(H,27,30). The van der Waals surface area contributed by atoms with Crippen molar-refractivity contribution < 1.29 is 19.1 Å². The van der Waals surface area contributed by atoms with Crippen molar-refractivity contribution in [3.8, 4) is 11.5 Å². The fourth-order valence-corrected chi connectivity index (χ4v) is 3.17. The number of methoxy groups -OCH3 is 2. The van der Waals surface area contributed by atoms with Crippen LogP contribution in [0.4, 0.5) is 11.4 Å². The van der Waals surface area contributed by atoms with Gasteiger partial charge in [-0.3, -0.25) is 14.5 Å². The van der Waals surface area contributed by atoms with Crippen LogP contribution >= 0.6 is 0 Å². The summed E-state index contributed by atoms with van der Waals surface area (Å²) in [5, 5.41) is 5.69. The summed E-state index contributed by atoms with van der Waals surface area (Å²) in [4.78, 5) is 26.7. The summed E-state index contributed by atoms with van der Waals surface area (Å²) in [6.45, 7) is 0.853. The van der Waals surface area contributed by atoms with Crippen molar-refractivity contribution in [2.75, 3.05) is 38.4 Å². The average Bonchev–Trinajstić information content (AvgIpc) is 2.80. The van der Waals surface area contributed by atoms with Crippen molar-refractivity contribution in [3.63, 3.8) is 0 Å². The van der Waals surface area contributed by atoms with Gasteiger partial charge >= 0.3 is 0 Å². The van der Waals surface area contributed by atoms with E-state index in [1.54, 1.807) is 62.8 Å². The summed E-state index contributed by atoms with van der Waals surface area (Å²) in [6.07, 6.45) is 0. The third-order valence-electron chi connectivity index (χ3n) is 4.78. The Labute approximate surface area is 188 Å². The molecular weight excluding hydrogens is 406 g/mol. The van der Waals surface area contributed by atoms with Crippen molar-refractivity contribution in [1.82, 2.24) is 4.90 Å². The van der Waals surface area contributed by atoms with Crippen molar-refractivity contribution in [2.24, 2.45) is 0 Å². The van der Waals surface area contributed by atoms with E-state index in [0.717, 1.165) is 17.1 Å². The lowest BCUT2D eigenvalue weighted by Gasteiger charge is -2.17. The molecule has 0 radical (unpaired) electrons. The topological polar surface area (TPSA) is 79.9 Å². The van der Waals surface area contributed by atoms with Crippen molar-refractivity contribution in [3.05, 3.63) is 83.9 Å². The highest BCUT2D eigenvalue weighted by Crippen LogP contribution is 2.17. The molecule has 2 N–H and O–H groups in total. The van der Waals surface area contributed by atoms with Gasteiger partial charge < -0.3 is 20.1 Å². The Morgan fingerprint density at radius 1 is 0.812 bits per heavy atom. The number of carbonyl (C=O) groups is 2. The predicted octanol–water partition coefficient (Wildman–Crippen LogP) is 4.03. The van der Waals surface area contributed by atoms with Crippen LogP contribution in [0, 0.1) is 0 Å². The molecule has 0 unspecified atom stereocenters. The van der Waals surface area contributed by atoms with E-state index >= 15 is 0 Å². The molecule has 0 aromatic heterocycles. The zero-order chi connectivity index (χ0) is 22.9. The van der Waals surface area contributed by atoms with Gasteiger partial charge in [-0.1, -0.05) is 12.1 Å². The van der Waals surface area contributed by atoms with Gasteiger partial charge in [-0.15, -0.1) is 0 Å². The van der Waals surface area contributed by atoms with Gasteiger partial charge in [0.1, 0.15) is 11.5 Å². The highest BCUT2D eigenvalue weighted by Gasteiger charge is 2.10. The number of hydrogen-bond acceptors (Lipinski definition) is 5. The maximum absolute atomic E-state index is 12.4. The number of rotatable bonds is 9. The number of amides is 2. The molecule has 0 saturated carbocycles. The Balaban J connectivity index is 1.50. The second-order valence-corrected chi connectivity index (χ2v) is 7.33. The lowest BCUT2D eigenvalue weighted by atomic mass is 10.2. The molecule has 0 heterocycles. The van der Waals surface area contributed by atoms with E-state index in [2.05, 4.69) is 10.6 Å². The van der Waals surface area contributed by atoms with Crippen LogP contribution in [-0.2, 0) is 11.3 Å². The number of ether oxygens (including phenoxy) is 2. The van der Waals surface area contributed by atoms with Gasteiger partial charge in [-0.25, -0.2) is 0 Å². The number of likely N-dealkylation sites (N-methyl/N-ethyl adjacent to an activating group) is 1. The lowest BCUT2D eigenvalue weighted by molar-refractivity contribution is -0.117. The van der Waals surface area contributed by atoms with Crippen LogP contribution in [0.25, 0.3) is 0 Å². The zero-order valence-corrected chi connectivity index (χ0v) is 18.4. The Hall–Kier alpha value is -3.84. The van der Waals surface area contributed by atoms with Gasteiger partial charge in [0, 0.05) is 23.5 Å². The first kappa shape index (κ1) is 22.8. The maximum Gasteiger partial charge on any atom is 0.255 e. The van der Waals surface area contributed by atoms with Gasteiger partial charge in [0.2, 0.25) is 5.91 Å². The summed E-state index contributed by atoms with van der Waals surface area (Å²) in [6, 6.07) is 21.6. The first-order valence-electron chi connectivity index (χ1n) is 10.1. The second-order valence-electron chi connectivity index (χ2n) is 7.33. The van der Waals surface area contributed by atoms with Crippen molar-refractivity contribution in [1.29, 1.82) is 0 Å². The fourth-order valence-electron chi connectivity index (χ4n) is 3.17. The zero-order valence-electron chi connectivity index (χ0n) is 18.4. The average molecular weight is 434 g/mol. The molecule has 0 aliphatic carbocycles. The summed E-state index contributed by atoms with van der Waals surface area (Å²) >= 11 is 0. The van der Waals surface area contributed by atoms with Crippen LogP contribution in [0.2, 0.25) is 0 Å². The Bertz CT molecular complexity index is 1050. The van der Waals surface area contributed by atoms with E-state index in [4.69, 9.17) is 9.47 Å². The summed E-state index contributed by atoms with van der Waals surface area (Å²) in [5.41, 5.74) is 2.86. The molecule has 0 aliphatic heterocycles. The molecule has 0 atom stereocenters. The monoisotopic (exact) mass is 433 g/mol. The number of anilines is 2. The molecule has 0 spiro atoms. The molecule has 0 saturated heterocycles. The molecule has 3 rings (SSSR count). The van der Waals surface area contributed by atoms with E-state index in [1.807, 2.05) is 36.2 Å². The van der Waals surface area contributed by atoms with E-state index in [-0.39, 0.29) is 18.4 Å². The highest BCUT2D eigenvalue weighted by atomic mass is 16.5. The quantitative estimate of drug-likeness (QED) is 0.533. The van der Waals surface area contributed by atoms with Crippen molar-refractivity contribution in [2.45, 2.75) is 6.54 Å². The number of carbonyl (C=O) groups excluding carboxylic acids is 2. The Morgan fingerprint density at radius 3 is 2.09 bits per heavy atom. The number of nitrogens with zero attached hydrogens (tertiary/aromatic N) is 1. The smallest absolute Gasteiger partial charge is 0.255 e. The summed E-state index contributed by atoms with van der Waals surface area (Å²) in [7, 11) is 5.10. The molecule has 7 nitrogen and oxygen atoms in total. The van der Waals surface area contributed by atoms with Crippen LogP contribution in [-0.4, -0.2) is 44.5 Å². The number of benzene rings is 3. The van der Waals surface area contributed by atoms with E-state index in [1.165, 1.54) is 0 Å². The van der Waals surface area contributed by atoms with Crippen LogP contribution in [0.15, 0.2) is 72.8 Å². The SMILES string of the molecule is COc1ccc(NC(=O)c2ccc(NC(=O)CN(C)Cc3cccc(OC)c3)cc2)cc1. The molecule has 3 aromatic carbocycles. The third kappa shape index (κ3) is 6.58. The minimum atomic E-state index is -0.230. The van der Waals surface area contributed by atoms with Crippen molar-refractivity contribution >= 4 is 23.2 Å². The number of hydrogen-bond donors (Lipinski definition) is 2. The molecule has 0 aliphatic rings. The number of nitrogens with one attached hydrogen (secondary N) is 2. The Morgan fingerprint density at radius 2 is 1.44 bits per heavy atom. The van der Waals surface area contributed by atoms with E-state index < -0.39 is 0 Å². The Kier molecular flexibility index (Phi) is 7.83. The van der Waals surface area contributed by atoms with Gasteiger partial charge in [0.05, 0.1) is 20.8 Å². The molecule has 7 heteroatoms. The minimum Gasteiger partial charge on any atom is -0.497 e. The maximum atomic E-state index is 12.4. The first-order valence-corrected chi connectivity index (χ1v) is 10.1. The molecule has 0 fully saturated rings. The van der Waals surface area contributed by atoms with E-state index in [9.17, 15) is 9.59 Å². The largest absolute Gasteiger partial charge is 0.497 e. The second kappa shape index (κ2) is 11.0. The van der Waals surface area contributed by atoms with Crippen LogP contribution in [0.5, 0.6) is 11.5 Å². The van der Waals surface area contributed by atoms with Gasteiger partial charge in [-0.2, -0.15) is 0 Å². The van der Waals surface area contributed by atoms with Crippen LogP contribution < -0.4 is 20.1 Å². The molecule has 32 heavy (non-hydrogen) atoms. The summed E-state index contributed by atoms with van der Waals surface area (Å²) in [5.74, 6) is 1.14. The van der Waals surface area contributed by atoms with E-state index in [0.29, 0.717) is 23.5 Å². The molecule has 2 amide bonds. The van der Waals surface area contributed by atoms with Gasteiger partial charge in [-0.05, 0) is 73.3 Å². The predicted molar refractivity (Wildman–Crippen MR) is 125 cm³/mol. The molecule has 166 valence electrons. The lowest BCUT2D eigenvalue weighted by Crippen LogP contribution is -2.29. The van der Waals surface area contributed by atoms with Gasteiger partial charge in [0.15, 0.2) is 0 Å². The van der Waals surface area contributed by atoms with Crippen LogP contribution in [0.1, 0.15) is 15.9 Å². The molecule has 3 aromatic rings. The minimum absolute atomic E-state index is 0.133. The first-order chi connectivity index (χ1) is 15.5. The van der Waals surface area contributed by atoms with Crippen LogP contribution in [0.3, 0.4) is 0 Å². The highest BCUT2D eigenvalue weighted by molar-refractivity contribution is 6.04. The normalized spacial score (nSPS) is 10.5. The molecular formula is C25H27N3O4. The fraction of sp³-hybridized carbons (Fsp3) is 0.200. The van der Waals surface area contributed by atoms with Gasteiger partial charge in [0.25, 0.3) is 5.91 Å². The third-order valence-corrected chi connectivity index (χ3v) is 4.78. The molecule has 0 bridgehead atoms.